The number of aliphatic carboxylic acids is 1. The van der Waals surface area contributed by atoms with E-state index in [1.807, 2.05) is 6.92 Å². The van der Waals surface area contributed by atoms with Crippen LogP contribution in [0.1, 0.15) is 33.6 Å². The van der Waals surface area contributed by atoms with Gasteiger partial charge in [0.05, 0.1) is 0 Å². The molecular weight excluding hydrogens is 198 g/mol. The minimum absolute atomic E-state index is 0.411. The first-order valence-electron chi connectivity index (χ1n) is 4.94. The monoisotopic (exact) mass is 217 g/mol. The van der Waals surface area contributed by atoms with Crippen LogP contribution >= 0.6 is 0 Å². The van der Waals surface area contributed by atoms with Crippen LogP contribution in [0.25, 0.3) is 0 Å². The van der Waals surface area contributed by atoms with Crippen molar-refractivity contribution in [3.63, 3.8) is 0 Å². The number of rotatable bonds is 6. The fraction of sp³-hybridized carbons (Fsp3) is 0.800. The van der Waals surface area contributed by atoms with E-state index in [4.69, 9.17) is 9.84 Å². The highest BCUT2D eigenvalue weighted by Crippen LogP contribution is 2.08. The van der Waals surface area contributed by atoms with Gasteiger partial charge >= 0.3 is 5.97 Å². The van der Waals surface area contributed by atoms with E-state index in [0.717, 1.165) is 0 Å². The van der Waals surface area contributed by atoms with E-state index in [9.17, 15) is 9.59 Å². The molecule has 88 valence electrons. The van der Waals surface area contributed by atoms with E-state index < -0.39 is 23.5 Å². The van der Waals surface area contributed by atoms with Crippen LogP contribution in [-0.2, 0) is 14.3 Å². The molecule has 0 aromatic carbocycles. The van der Waals surface area contributed by atoms with Crippen molar-refractivity contribution in [1.29, 1.82) is 0 Å². The SMILES string of the molecule is CCC[C@@H](NC(=O)C(C)(C)OC)C(=O)O. The summed E-state index contributed by atoms with van der Waals surface area (Å²) in [6, 6.07) is -0.836. The van der Waals surface area contributed by atoms with Crippen LogP contribution in [0.3, 0.4) is 0 Å². The molecule has 0 aromatic heterocycles. The summed E-state index contributed by atoms with van der Waals surface area (Å²) in [5.74, 6) is -1.43. The molecule has 2 N–H and O–H groups in total. The van der Waals surface area contributed by atoms with Crippen LogP contribution in [0.4, 0.5) is 0 Å². The zero-order valence-electron chi connectivity index (χ0n) is 9.66. The van der Waals surface area contributed by atoms with Crippen molar-refractivity contribution in [2.75, 3.05) is 7.11 Å². The van der Waals surface area contributed by atoms with Crippen LogP contribution < -0.4 is 5.32 Å². The number of ether oxygens (including phenoxy) is 1. The van der Waals surface area contributed by atoms with Gasteiger partial charge in [-0.2, -0.15) is 0 Å². The average molecular weight is 217 g/mol. The second-order valence-corrected chi connectivity index (χ2v) is 3.87. The number of hydrogen-bond donors (Lipinski definition) is 2. The lowest BCUT2D eigenvalue weighted by atomic mass is 10.1. The Hall–Kier alpha value is -1.10. The molecule has 0 fully saturated rings. The highest BCUT2D eigenvalue weighted by atomic mass is 16.5. The quantitative estimate of drug-likeness (QED) is 0.689. The standard InChI is InChI=1S/C10H19NO4/c1-5-6-7(8(12)13)11-9(14)10(2,3)15-4/h7H,5-6H2,1-4H3,(H,11,14)(H,12,13)/t7-/m1/s1. The second kappa shape index (κ2) is 5.70. The third-order valence-electron chi connectivity index (χ3n) is 2.24. The van der Waals surface area contributed by atoms with Crippen LogP contribution in [0, 0.1) is 0 Å². The van der Waals surface area contributed by atoms with Crippen LogP contribution in [-0.4, -0.2) is 35.7 Å². The van der Waals surface area contributed by atoms with Crippen LogP contribution in [0.5, 0.6) is 0 Å². The van der Waals surface area contributed by atoms with Gasteiger partial charge in [0.15, 0.2) is 0 Å². The third kappa shape index (κ3) is 4.29. The Labute approximate surface area is 89.8 Å². The molecule has 15 heavy (non-hydrogen) atoms. The predicted octanol–water partition coefficient (Wildman–Crippen LogP) is 0.781. The van der Waals surface area contributed by atoms with Crippen LogP contribution in [0.15, 0.2) is 0 Å². The average Bonchev–Trinajstić information content (AvgIpc) is 2.16. The molecule has 0 aliphatic rings. The Bertz CT molecular complexity index is 238. The number of carbonyl (C=O) groups excluding carboxylic acids is 1. The van der Waals surface area contributed by atoms with Gasteiger partial charge in [-0.1, -0.05) is 13.3 Å². The van der Waals surface area contributed by atoms with Crippen LogP contribution in [0.2, 0.25) is 0 Å². The smallest absolute Gasteiger partial charge is 0.326 e. The van der Waals surface area contributed by atoms with Crippen molar-refractivity contribution in [2.24, 2.45) is 0 Å². The first kappa shape index (κ1) is 13.9. The van der Waals surface area contributed by atoms with Gasteiger partial charge in [0.25, 0.3) is 5.91 Å². The molecule has 0 saturated heterocycles. The van der Waals surface area contributed by atoms with E-state index in [1.54, 1.807) is 13.8 Å². The molecule has 5 heteroatoms. The van der Waals surface area contributed by atoms with Crippen molar-refractivity contribution in [3.8, 4) is 0 Å². The van der Waals surface area contributed by atoms with Crippen molar-refractivity contribution in [2.45, 2.75) is 45.3 Å². The fourth-order valence-electron chi connectivity index (χ4n) is 0.971. The molecular formula is C10H19NO4. The summed E-state index contributed by atoms with van der Waals surface area (Å²) in [4.78, 5) is 22.4. The van der Waals surface area contributed by atoms with Gasteiger partial charge in [-0.15, -0.1) is 0 Å². The zero-order valence-corrected chi connectivity index (χ0v) is 9.66. The molecule has 0 rings (SSSR count). The predicted molar refractivity (Wildman–Crippen MR) is 55.6 cm³/mol. The summed E-state index contributed by atoms with van der Waals surface area (Å²) in [5, 5.41) is 11.3. The molecule has 0 aliphatic carbocycles. The van der Waals surface area contributed by atoms with Gasteiger partial charge < -0.3 is 15.2 Å². The summed E-state index contributed by atoms with van der Waals surface area (Å²) in [6.07, 6.45) is 1.12. The maximum atomic E-state index is 11.6. The van der Waals surface area contributed by atoms with Gasteiger partial charge in [-0.3, -0.25) is 4.79 Å². The first-order valence-corrected chi connectivity index (χ1v) is 4.94. The molecule has 0 unspecified atom stereocenters. The highest BCUT2D eigenvalue weighted by Gasteiger charge is 2.30. The number of hydrogen-bond acceptors (Lipinski definition) is 3. The van der Waals surface area contributed by atoms with E-state index in [1.165, 1.54) is 7.11 Å². The van der Waals surface area contributed by atoms with Gasteiger partial charge in [0, 0.05) is 7.11 Å². The number of carboxylic acid groups (broad SMARTS) is 1. The summed E-state index contributed by atoms with van der Waals surface area (Å²) >= 11 is 0. The highest BCUT2D eigenvalue weighted by molar-refractivity contribution is 5.88. The largest absolute Gasteiger partial charge is 0.480 e. The summed E-state index contributed by atoms with van der Waals surface area (Å²) in [7, 11) is 1.41. The minimum atomic E-state index is -1.02. The Kier molecular flexibility index (Phi) is 5.28. The molecule has 1 atom stereocenters. The van der Waals surface area contributed by atoms with E-state index in [-0.39, 0.29) is 0 Å². The van der Waals surface area contributed by atoms with Gasteiger partial charge in [-0.05, 0) is 20.3 Å². The number of carbonyl (C=O) groups is 2. The lowest BCUT2D eigenvalue weighted by molar-refractivity contribution is -0.147. The number of carboxylic acids is 1. The number of nitrogens with one attached hydrogen (secondary N) is 1. The van der Waals surface area contributed by atoms with Crippen molar-refractivity contribution in [3.05, 3.63) is 0 Å². The molecule has 0 aromatic rings. The van der Waals surface area contributed by atoms with E-state index >= 15 is 0 Å². The molecule has 0 spiro atoms. The zero-order chi connectivity index (χ0) is 12.1. The van der Waals surface area contributed by atoms with Gasteiger partial charge in [-0.25, -0.2) is 4.79 Å². The minimum Gasteiger partial charge on any atom is -0.480 e. The topological polar surface area (TPSA) is 75.6 Å². The molecule has 0 saturated carbocycles. The maximum Gasteiger partial charge on any atom is 0.326 e. The molecule has 0 bridgehead atoms. The Morgan fingerprint density at radius 3 is 2.33 bits per heavy atom. The molecule has 0 heterocycles. The van der Waals surface area contributed by atoms with E-state index in [2.05, 4.69) is 5.32 Å². The van der Waals surface area contributed by atoms with Crippen molar-refractivity contribution < 1.29 is 19.4 Å². The Morgan fingerprint density at radius 2 is 2.00 bits per heavy atom. The number of amides is 1. The van der Waals surface area contributed by atoms with Gasteiger partial charge in [0.1, 0.15) is 11.6 Å². The van der Waals surface area contributed by atoms with Crippen molar-refractivity contribution in [1.82, 2.24) is 5.32 Å². The fourth-order valence-corrected chi connectivity index (χ4v) is 0.971. The lowest BCUT2D eigenvalue weighted by Gasteiger charge is -2.24. The molecule has 5 nitrogen and oxygen atoms in total. The normalized spacial score (nSPS) is 13.3. The first-order chi connectivity index (χ1) is 6.85. The summed E-state index contributed by atoms with van der Waals surface area (Å²) < 4.78 is 4.95. The summed E-state index contributed by atoms with van der Waals surface area (Å²) in [5.41, 5.74) is -0.999. The van der Waals surface area contributed by atoms with Gasteiger partial charge in [0.2, 0.25) is 0 Å². The molecule has 0 aliphatic heterocycles. The Balaban J connectivity index is 4.41. The summed E-state index contributed by atoms with van der Waals surface area (Å²) in [6.45, 7) is 5.05. The molecule has 1 amide bonds. The lowest BCUT2D eigenvalue weighted by Crippen LogP contribution is -2.50. The third-order valence-corrected chi connectivity index (χ3v) is 2.24. The maximum absolute atomic E-state index is 11.6. The molecule has 0 radical (unpaired) electrons. The second-order valence-electron chi connectivity index (χ2n) is 3.87. The Morgan fingerprint density at radius 1 is 1.47 bits per heavy atom. The van der Waals surface area contributed by atoms with E-state index in [0.29, 0.717) is 12.8 Å². The van der Waals surface area contributed by atoms with Crippen molar-refractivity contribution >= 4 is 11.9 Å². The number of methoxy groups -OCH3 is 1.